The zero-order valence-electron chi connectivity index (χ0n) is 16.2. The van der Waals surface area contributed by atoms with Gasteiger partial charge in [-0.2, -0.15) is 0 Å². The highest BCUT2D eigenvalue weighted by Gasteiger charge is 2.18. The number of nitrogens with one attached hydrogen (secondary N) is 3. The fraction of sp³-hybridized carbons (Fsp3) is 0.333. The summed E-state index contributed by atoms with van der Waals surface area (Å²) in [5.74, 6) is 0.459. The number of hydrogen-bond donors (Lipinski definition) is 3. The number of hydrogen-bond acceptors (Lipinski definition) is 3. The third-order valence-electron chi connectivity index (χ3n) is 4.20. The van der Waals surface area contributed by atoms with Crippen molar-refractivity contribution in [3.8, 4) is 5.75 Å². The van der Waals surface area contributed by atoms with Crippen molar-refractivity contribution in [2.75, 3.05) is 37.4 Å². The average Bonchev–Trinajstić information content (AvgIpc) is 2.64. The molecule has 0 spiro atoms. The molecule has 2 aromatic rings. The number of methoxy groups -OCH3 is 1. The van der Waals surface area contributed by atoms with Crippen LogP contribution in [0.15, 0.2) is 48.5 Å². The van der Waals surface area contributed by atoms with E-state index in [9.17, 15) is 9.59 Å². The smallest absolute Gasteiger partial charge is 0.279 e. The molecule has 27 heavy (non-hydrogen) atoms. The van der Waals surface area contributed by atoms with Crippen LogP contribution in [0, 0.1) is 6.92 Å². The molecular formula is C21H28N3O3+. The van der Waals surface area contributed by atoms with Crippen LogP contribution in [0.5, 0.6) is 5.75 Å². The average molecular weight is 370 g/mol. The third-order valence-corrected chi connectivity index (χ3v) is 4.20. The highest BCUT2D eigenvalue weighted by Crippen LogP contribution is 2.16. The van der Waals surface area contributed by atoms with Gasteiger partial charge in [0.2, 0.25) is 0 Å². The highest BCUT2D eigenvalue weighted by molar-refractivity contribution is 5.93. The van der Waals surface area contributed by atoms with Crippen LogP contribution in [0.2, 0.25) is 0 Å². The maximum Gasteiger partial charge on any atom is 0.279 e. The van der Waals surface area contributed by atoms with Crippen LogP contribution in [-0.2, 0) is 9.59 Å². The van der Waals surface area contributed by atoms with Crippen molar-refractivity contribution in [2.45, 2.75) is 20.3 Å². The number of rotatable bonds is 9. The van der Waals surface area contributed by atoms with E-state index in [0.29, 0.717) is 11.4 Å². The Kier molecular flexibility index (Phi) is 7.82. The molecule has 144 valence electrons. The molecule has 3 N–H and O–H groups in total. The van der Waals surface area contributed by atoms with Crippen molar-refractivity contribution in [1.29, 1.82) is 0 Å². The summed E-state index contributed by atoms with van der Waals surface area (Å²) in [6.07, 6.45) is 0.888. The van der Waals surface area contributed by atoms with E-state index in [2.05, 4.69) is 10.6 Å². The van der Waals surface area contributed by atoms with Crippen LogP contribution < -0.4 is 20.3 Å². The Hall–Kier alpha value is -2.86. The Labute approximate surface area is 160 Å². The van der Waals surface area contributed by atoms with E-state index in [0.717, 1.165) is 29.1 Å². The second kappa shape index (κ2) is 10.3. The lowest BCUT2D eigenvalue weighted by Gasteiger charge is -2.18. The summed E-state index contributed by atoms with van der Waals surface area (Å²) in [5, 5.41) is 5.80. The minimum absolute atomic E-state index is 0.0954. The van der Waals surface area contributed by atoms with E-state index < -0.39 is 0 Å². The zero-order valence-corrected chi connectivity index (χ0v) is 16.2. The first-order valence-corrected chi connectivity index (χ1v) is 9.14. The monoisotopic (exact) mass is 370 g/mol. The van der Waals surface area contributed by atoms with Gasteiger partial charge in [0.15, 0.2) is 13.1 Å². The second-order valence-corrected chi connectivity index (χ2v) is 6.50. The standard InChI is InChI=1S/C21H27N3O3/c1-4-12-24(15-21(26)23-19-11-6-5-8-16(19)2)14-20(25)22-17-9-7-10-18(13-17)27-3/h5-11,13H,4,12,14-15H2,1-3H3,(H,22,25)(H,23,26)/p+1. The molecule has 0 radical (unpaired) electrons. The van der Waals surface area contributed by atoms with Crippen molar-refractivity contribution >= 4 is 23.2 Å². The Balaban J connectivity index is 1.92. The molecule has 0 fully saturated rings. The summed E-state index contributed by atoms with van der Waals surface area (Å²) in [7, 11) is 1.58. The summed E-state index contributed by atoms with van der Waals surface area (Å²) in [6, 6.07) is 14.9. The third kappa shape index (κ3) is 6.75. The Morgan fingerprint density at radius 2 is 1.70 bits per heavy atom. The van der Waals surface area contributed by atoms with Crippen LogP contribution in [0.3, 0.4) is 0 Å². The molecule has 0 aliphatic carbocycles. The molecule has 0 bridgehead atoms. The molecule has 2 aromatic carbocycles. The van der Waals surface area contributed by atoms with Gasteiger partial charge < -0.3 is 20.3 Å². The van der Waals surface area contributed by atoms with E-state index in [1.807, 2.05) is 56.3 Å². The zero-order chi connectivity index (χ0) is 19.6. The lowest BCUT2D eigenvalue weighted by Crippen LogP contribution is -3.14. The van der Waals surface area contributed by atoms with Gasteiger partial charge in [0.05, 0.1) is 13.7 Å². The van der Waals surface area contributed by atoms with E-state index in [4.69, 9.17) is 4.74 Å². The van der Waals surface area contributed by atoms with Gasteiger partial charge >= 0.3 is 0 Å². The molecule has 2 amide bonds. The lowest BCUT2D eigenvalue weighted by molar-refractivity contribution is -0.883. The van der Waals surface area contributed by atoms with Gasteiger partial charge in [0.1, 0.15) is 5.75 Å². The van der Waals surface area contributed by atoms with Crippen molar-refractivity contribution in [3.63, 3.8) is 0 Å². The number of para-hydroxylation sites is 1. The fourth-order valence-electron chi connectivity index (χ4n) is 2.86. The van der Waals surface area contributed by atoms with Crippen LogP contribution in [0.25, 0.3) is 0 Å². The molecule has 0 saturated heterocycles. The molecule has 0 aliphatic heterocycles. The van der Waals surface area contributed by atoms with Crippen LogP contribution in [0.1, 0.15) is 18.9 Å². The molecule has 1 unspecified atom stereocenters. The fourth-order valence-corrected chi connectivity index (χ4v) is 2.86. The number of carbonyl (C=O) groups is 2. The molecule has 0 aromatic heterocycles. The second-order valence-electron chi connectivity index (χ2n) is 6.50. The molecule has 2 rings (SSSR count). The largest absolute Gasteiger partial charge is 0.497 e. The summed E-state index contributed by atoms with van der Waals surface area (Å²) >= 11 is 0. The number of carbonyl (C=O) groups excluding carboxylic acids is 2. The molecule has 6 nitrogen and oxygen atoms in total. The molecule has 1 atom stereocenters. The van der Waals surface area contributed by atoms with Gasteiger partial charge in [-0.3, -0.25) is 9.59 Å². The van der Waals surface area contributed by atoms with Gasteiger partial charge in [0, 0.05) is 17.4 Å². The predicted molar refractivity (Wildman–Crippen MR) is 107 cm³/mol. The van der Waals surface area contributed by atoms with E-state index in [1.165, 1.54) is 0 Å². The number of anilines is 2. The van der Waals surface area contributed by atoms with E-state index in [-0.39, 0.29) is 24.9 Å². The number of quaternary nitrogens is 1. The Morgan fingerprint density at radius 1 is 1.00 bits per heavy atom. The van der Waals surface area contributed by atoms with Crippen LogP contribution in [0.4, 0.5) is 11.4 Å². The molecular weight excluding hydrogens is 342 g/mol. The summed E-state index contributed by atoms with van der Waals surface area (Å²) in [6.45, 7) is 5.21. The Morgan fingerprint density at radius 3 is 2.37 bits per heavy atom. The van der Waals surface area contributed by atoms with Crippen LogP contribution >= 0.6 is 0 Å². The van der Waals surface area contributed by atoms with Gasteiger partial charge in [0.25, 0.3) is 11.8 Å². The molecule has 6 heteroatoms. The van der Waals surface area contributed by atoms with Gasteiger partial charge in [-0.1, -0.05) is 31.2 Å². The number of aryl methyl sites for hydroxylation is 1. The van der Waals surface area contributed by atoms with E-state index >= 15 is 0 Å². The van der Waals surface area contributed by atoms with Crippen molar-refractivity contribution < 1.29 is 19.2 Å². The molecule has 0 saturated carbocycles. The maximum atomic E-state index is 12.4. The minimum Gasteiger partial charge on any atom is -0.497 e. The molecule has 0 heterocycles. The normalized spacial score (nSPS) is 11.5. The minimum atomic E-state index is -0.129. The van der Waals surface area contributed by atoms with Crippen molar-refractivity contribution in [3.05, 3.63) is 54.1 Å². The first kappa shape index (κ1) is 20.5. The molecule has 0 aliphatic rings. The first-order valence-electron chi connectivity index (χ1n) is 9.14. The van der Waals surface area contributed by atoms with Crippen molar-refractivity contribution in [1.82, 2.24) is 0 Å². The van der Waals surface area contributed by atoms with Gasteiger partial charge in [-0.15, -0.1) is 0 Å². The topological polar surface area (TPSA) is 71.9 Å². The summed E-state index contributed by atoms with van der Waals surface area (Å²) < 4.78 is 5.17. The van der Waals surface area contributed by atoms with E-state index in [1.54, 1.807) is 13.2 Å². The maximum absolute atomic E-state index is 12.4. The van der Waals surface area contributed by atoms with Crippen LogP contribution in [-0.4, -0.2) is 38.6 Å². The predicted octanol–water partition coefficient (Wildman–Crippen LogP) is 1.88. The Bertz CT molecular complexity index is 777. The summed E-state index contributed by atoms with van der Waals surface area (Å²) in [4.78, 5) is 25.7. The number of amides is 2. The number of benzene rings is 2. The van der Waals surface area contributed by atoms with Gasteiger partial charge in [-0.05, 0) is 37.1 Å². The highest BCUT2D eigenvalue weighted by atomic mass is 16.5. The van der Waals surface area contributed by atoms with Crippen molar-refractivity contribution in [2.24, 2.45) is 0 Å². The quantitative estimate of drug-likeness (QED) is 0.631. The first-order chi connectivity index (χ1) is 13.0. The SMILES string of the molecule is CCC[NH+](CC(=O)Nc1cccc(OC)c1)CC(=O)Nc1ccccc1C. The lowest BCUT2D eigenvalue weighted by atomic mass is 10.2. The van der Waals surface area contributed by atoms with Gasteiger partial charge in [-0.25, -0.2) is 0 Å². The number of ether oxygens (including phenoxy) is 1. The summed E-state index contributed by atoms with van der Waals surface area (Å²) in [5.41, 5.74) is 2.50.